The first kappa shape index (κ1) is 14.4. The van der Waals surface area contributed by atoms with Crippen molar-refractivity contribution in [2.75, 3.05) is 19.7 Å². The number of amides is 1. The first-order valence-corrected chi connectivity index (χ1v) is 7.78. The summed E-state index contributed by atoms with van der Waals surface area (Å²) in [6, 6.07) is 6.29. The number of carbonyl (C=O) groups excluding carboxylic acids is 1. The molecule has 1 aliphatic carbocycles. The zero-order valence-electron chi connectivity index (χ0n) is 12.8. The predicted molar refractivity (Wildman–Crippen MR) is 82.2 cm³/mol. The van der Waals surface area contributed by atoms with Crippen LogP contribution in [0.1, 0.15) is 24.0 Å². The van der Waals surface area contributed by atoms with Crippen molar-refractivity contribution in [3.8, 4) is 5.75 Å². The maximum absolute atomic E-state index is 12.3. The Morgan fingerprint density at radius 2 is 2.00 bits per heavy atom. The number of nitrogens with zero attached hydrogens (tertiary/aromatic N) is 1. The summed E-state index contributed by atoms with van der Waals surface area (Å²) in [6.07, 6.45) is 2.27. The van der Waals surface area contributed by atoms with Gasteiger partial charge in [0.15, 0.2) is 6.61 Å². The van der Waals surface area contributed by atoms with Gasteiger partial charge in [-0.1, -0.05) is 18.2 Å². The minimum Gasteiger partial charge on any atom is -0.483 e. The Balaban J connectivity index is 1.58. The van der Waals surface area contributed by atoms with Gasteiger partial charge in [0.25, 0.3) is 5.91 Å². The van der Waals surface area contributed by atoms with Crippen LogP contribution in [0.2, 0.25) is 0 Å². The van der Waals surface area contributed by atoms with Crippen LogP contribution >= 0.6 is 0 Å². The molecule has 2 aliphatic rings. The second-order valence-corrected chi connectivity index (χ2v) is 6.47. The Morgan fingerprint density at radius 3 is 2.67 bits per heavy atom. The normalized spacial score (nSPS) is 27.8. The first-order valence-electron chi connectivity index (χ1n) is 7.78. The molecule has 1 amide bonds. The van der Waals surface area contributed by atoms with E-state index in [2.05, 4.69) is 0 Å². The standard InChI is InChI=1S/C17H24N2O2/c1-11-4-3-5-12(2)17(11)21-10-16(20)19-8-13-6-7-15(18)14(13)9-19/h3-5,13-15H,6-10,18H2,1-2H3. The summed E-state index contributed by atoms with van der Waals surface area (Å²) in [5.41, 5.74) is 8.26. The number of aryl methyl sites for hydroxylation is 2. The molecule has 114 valence electrons. The lowest BCUT2D eigenvalue weighted by Crippen LogP contribution is -2.36. The largest absolute Gasteiger partial charge is 0.483 e. The molecule has 3 rings (SSSR count). The average molecular weight is 288 g/mol. The summed E-state index contributed by atoms with van der Waals surface area (Å²) in [4.78, 5) is 14.3. The molecular weight excluding hydrogens is 264 g/mol. The van der Waals surface area contributed by atoms with E-state index in [0.717, 1.165) is 42.8 Å². The van der Waals surface area contributed by atoms with Crippen LogP contribution in [0, 0.1) is 25.7 Å². The van der Waals surface area contributed by atoms with Crippen molar-refractivity contribution in [1.29, 1.82) is 0 Å². The number of nitrogens with two attached hydrogens (primary N) is 1. The smallest absolute Gasteiger partial charge is 0.260 e. The number of ether oxygens (including phenoxy) is 1. The Labute approximate surface area is 126 Å². The zero-order valence-corrected chi connectivity index (χ0v) is 12.8. The average Bonchev–Trinajstić information content (AvgIpc) is 3.01. The summed E-state index contributed by atoms with van der Waals surface area (Å²) in [7, 11) is 0. The third-order valence-corrected chi connectivity index (χ3v) is 5.01. The van der Waals surface area contributed by atoms with Crippen LogP contribution in [-0.4, -0.2) is 36.5 Å². The quantitative estimate of drug-likeness (QED) is 0.924. The highest BCUT2D eigenvalue weighted by Crippen LogP contribution is 2.37. The number of likely N-dealkylation sites (tertiary alicyclic amines) is 1. The predicted octanol–water partition coefficient (Wildman–Crippen LogP) is 1.88. The number of benzene rings is 1. The highest BCUT2D eigenvalue weighted by Gasteiger charge is 2.42. The van der Waals surface area contributed by atoms with Crippen LogP contribution < -0.4 is 10.5 Å². The van der Waals surface area contributed by atoms with Gasteiger partial charge in [0.1, 0.15) is 5.75 Å². The van der Waals surface area contributed by atoms with Gasteiger partial charge in [0.05, 0.1) is 0 Å². The topological polar surface area (TPSA) is 55.6 Å². The van der Waals surface area contributed by atoms with Crippen LogP contribution in [0.3, 0.4) is 0 Å². The lowest BCUT2D eigenvalue weighted by Gasteiger charge is -2.19. The highest BCUT2D eigenvalue weighted by molar-refractivity contribution is 5.78. The van der Waals surface area contributed by atoms with E-state index in [9.17, 15) is 4.79 Å². The molecule has 4 nitrogen and oxygen atoms in total. The number of hydrogen-bond donors (Lipinski definition) is 1. The molecule has 1 aromatic carbocycles. The summed E-state index contributed by atoms with van der Waals surface area (Å²) >= 11 is 0. The van der Waals surface area contributed by atoms with Gasteiger partial charge in [-0.25, -0.2) is 0 Å². The van der Waals surface area contributed by atoms with Gasteiger partial charge in [-0.3, -0.25) is 4.79 Å². The van der Waals surface area contributed by atoms with E-state index in [-0.39, 0.29) is 18.6 Å². The Kier molecular flexibility index (Phi) is 3.89. The Morgan fingerprint density at radius 1 is 1.29 bits per heavy atom. The van der Waals surface area contributed by atoms with E-state index in [0.29, 0.717) is 11.8 Å². The molecule has 4 heteroatoms. The molecule has 2 N–H and O–H groups in total. The number of hydrogen-bond acceptors (Lipinski definition) is 3. The molecule has 1 aromatic rings. The monoisotopic (exact) mass is 288 g/mol. The molecule has 1 aliphatic heterocycles. The van der Waals surface area contributed by atoms with Crippen LogP contribution in [0.25, 0.3) is 0 Å². The van der Waals surface area contributed by atoms with E-state index < -0.39 is 0 Å². The fourth-order valence-electron chi connectivity index (χ4n) is 3.76. The fourth-order valence-corrected chi connectivity index (χ4v) is 3.76. The van der Waals surface area contributed by atoms with Gasteiger partial charge in [0, 0.05) is 19.1 Å². The van der Waals surface area contributed by atoms with Crippen molar-refractivity contribution in [3.63, 3.8) is 0 Å². The molecule has 0 aromatic heterocycles. The van der Waals surface area contributed by atoms with Crippen LogP contribution in [0.4, 0.5) is 0 Å². The maximum Gasteiger partial charge on any atom is 0.260 e. The second kappa shape index (κ2) is 5.68. The molecule has 2 fully saturated rings. The van der Waals surface area contributed by atoms with Gasteiger partial charge in [-0.2, -0.15) is 0 Å². The molecule has 1 heterocycles. The van der Waals surface area contributed by atoms with Crippen molar-refractivity contribution in [3.05, 3.63) is 29.3 Å². The lowest BCUT2D eigenvalue weighted by molar-refractivity contribution is -0.132. The zero-order chi connectivity index (χ0) is 15.0. The Bertz CT molecular complexity index is 523. The minimum atomic E-state index is 0.0826. The summed E-state index contributed by atoms with van der Waals surface area (Å²) in [5.74, 6) is 2.01. The van der Waals surface area contributed by atoms with Crippen molar-refractivity contribution >= 4 is 5.91 Å². The number of fused-ring (bicyclic) bond motifs is 1. The van der Waals surface area contributed by atoms with E-state index in [1.165, 1.54) is 0 Å². The number of carbonyl (C=O) groups is 1. The summed E-state index contributed by atoms with van der Waals surface area (Å²) in [5, 5.41) is 0. The number of rotatable bonds is 3. The fraction of sp³-hybridized carbons (Fsp3) is 0.588. The van der Waals surface area contributed by atoms with Gasteiger partial charge in [-0.15, -0.1) is 0 Å². The molecule has 21 heavy (non-hydrogen) atoms. The SMILES string of the molecule is Cc1cccc(C)c1OCC(=O)N1CC2CCC(N)C2C1. The van der Waals surface area contributed by atoms with Crippen LogP contribution in [0.5, 0.6) is 5.75 Å². The van der Waals surface area contributed by atoms with Crippen molar-refractivity contribution in [2.24, 2.45) is 17.6 Å². The van der Waals surface area contributed by atoms with Gasteiger partial charge < -0.3 is 15.4 Å². The molecule has 0 spiro atoms. The lowest BCUT2D eigenvalue weighted by atomic mass is 9.98. The van der Waals surface area contributed by atoms with E-state index in [1.807, 2.05) is 36.9 Å². The molecule has 0 bridgehead atoms. The first-order chi connectivity index (χ1) is 10.1. The van der Waals surface area contributed by atoms with Gasteiger partial charge in [0.2, 0.25) is 0 Å². The maximum atomic E-state index is 12.3. The minimum absolute atomic E-state index is 0.0826. The van der Waals surface area contributed by atoms with Gasteiger partial charge in [-0.05, 0) is 49.7 Å². The third-order valence-electron chi connectivity index (χ3n) is 5.01. The Hall–Kier alpha value is -1.55. The third kappa shape index (κ3) is 2.77. The molecule has 0 radical (unpaired) electrons. The van der Waals surface area contributed by atoms with Gasteiger partial charge >= 0.3 is 0 Å². The summed E-state index contributed by atoms with van der Waals surface area (Å²) in [6.45, 7) is 5.80. The van der Waals surface area contributed by atoms with Crippen molar-refractivity contribution in [1.82, 2.24) is 4.90 Å². The van der Waals surface area contributed by atoms with Crippen molar-refractivity contribution < 1.29 is 9.53 Å². The molecule has 3 unspecified atom stereocenters. The van der Waals surface area contributed by atoms with E-state index >= 15 is 0 Å². The molecular formula is C17H24N2O2. The molecule has 1 saturated carbocycles. The van der Waals surface area contributed by atoms with E-state index in [1.54, 1.807) is 0 Å². The molecule has 3 atom stereocenters. The van der Waals surface area contributed by atoms with E-state index in [4.69, 9.17) is 10.5 Å². The van der Waals surface area contributed by atoms with Crippen molar-refractivity contribution in [2.45, 2.75) is 32.7 Å². The summed E-state index contributed by atoms with van der Waals surface area (Å²) < 4.78 is 5.77. The van der Waals surface area contributed by atoms with Crippen LogP contribution in [-0.2, 0) is 4.79 Å². The second-order valence-electron chi connectivity index (χ2n) is 6.47. The van der Waals surface area contributed by atoms with Crippen LogP contribution in [0.15, 0.2) is 18.2 Å². The highest BCUT2D eigenvalue weighted by atomic mass is 16.5. The number of para-hydroxylation sites is 1. The molecule has 1 saturated heterocycles.